The van der Waals surface area contributed by atoms with Crippen molar-refractivity contribution in [3.05, 3.63) is 0 Å². The predicted octanol–water partition coefficient (Wildman–Crippen LogP) is -4.46. The maximum atomic E-state index is 10.4. The number of piperazine rings is 1. The van der Waals surface area contributed by atoms with Crippen molar-refractivity contribution in [3.8, 4) is 0 Å². The van der Waals surface area contributed by atoms with E-state index in [0.29, 0.717) is 19.5 Å². The van der Waals surface area contributed by atoms with Gasteiger partial charge in [0.15, 0.2) is 0 Å². The third kappa shape index (κ3) is 8.50. The van der Waals surface area contributed by atoms with Gasteiger partial charge in [-0.15, -0.1) is 0 Å². The number of β-amino-alcohol motifs (C(OH)–C–C–N with tert-alkyl or cyclic N) is 1. The molecule has 0 amide bonds. The molecule has 0 aliphatic carbocycles. The van der Waals surface area contributed by atoms with Gasteiger partial charge in [0.25, 0.3) is 0 Å². The maximum absolute atomic E-state index is 10.4. The summed E-state index contributed by atoms with van der Waals surface area (Å²) in [7, 11) is -4.06. The van der Waals surface area contributed by atoms with Crippen molar-refractivity contribution in [3.63, 3.8) is 0 Å². The number of aliphatic hydroxyl groups excluding tert-OH is 1. The molecule has 1 aliphatic rings. The Morgan fingerprint density at radius 1 is 1.06 bits per heavy atom. The van der Waals surface area contributed by atoms with Gasteiger partial charge < -0.3 is 14.6 Å². The van der Waals surface area contributed by atoms with E-state index in [1.165, 1.54) is 0 Å². The normalized spacial score (nSPS) is 18.9. The van der Waals surface area contributed by atoms with Crippen LogP contribution >= 0.6 is 0 Å². The molecule has 96 valence electrons. The topological polar surface area (TPSA) is 83.9 Å². The van der Waals surface area contributed by atoms with Crippen molar-refractivity contribution in [1.82, 2.24) is 9.80 Å². The largest absolute Gasteiger partial charge is 1.00 e. The van der Waals surface area contributed by atoms with Crippen LogP contribution in [0, 0.1) is 0 Å². The van der Waals surface area contributed by atoms with E-state index in [1.807, 2.05) is 0 Å². The van der Waals surface area contributed by atoms with E-state index in [4.69, 9.17) is 5.11 Å². The van der Waals surface area contributed by atoms with Gasteiger partial charge in [-0.1, -0.05) is 0 Å². The van der Waals surface area contributed by atoms with Crippen LogP contribution in [-0.4, -0.2) is 79.5 Å². The standard InChI is InChI=1S/C9H20N2O4S.Na/c12-8-7-11-5-3-10(4-6-11)2-1-9-16(13,14)15;/h12H,1-9H2,(H,13,14,15);/q;+1/p-1. The molecule has 8 heteroatoms. The summed E-state index contributed by atoms with van der Waals surface area (Å²) in [4.78, 5) is 4.32. The minimum atomic E-state index is -4.06. The maximum Gasteiger partial charge on any atom is 1.00 e. The van der Waals surface area contributed by atoms with Crippen molar-refractivity contribution < 1.29 is 47.6 Å². The van der Waals surface area contributed by atoms with Gasteiger partial charge in [0.2, 0.25) is 0 Å². The van der Waals surface area contributed by atoms with Gasteiger partial charge in [-0.05, 0) is 13.0 Å². The van der Waals surface area contributed by atoms with Gasteiger partial charge in [0, 0.05) is 38.5 Å². The van der Waals surface area contributed by atoms with Gasteiger partial charge >= 0.3 is 29.6 Å². The molecule has 0 aromatic carbocycles. The molecule has 0 spiro atoms. The van der Waals surface area contributed by atoms with Crippen LogP contribution in [-0.2, 0) is 10.1 Å². The molecule has 1 saturated heterocycles. The van der Waals surface area contributed by atoms with Crippen LogP contribution < -0.4 is 29.6 Å². The first-order valence-corrected chi connectivity index (χ1v) is 7.08. The second-order valence-electron chi connectivity index (χ2n) is 4.02. The van der Waals surface area contributed by atoms with Crippen molar-refractivity contribution in [2.75, 3.05) is 51.6 Å². The third-order valence-corrected chi connectivity index (χ3v) is 3.54. The van der Waals surface area contributed by atoms with E-state index < -0.39 is 10.1 Å². The van der Waals surface area contributed by atoms with E-state index >= 15 is 0 Å². The van der Waals surface area contributed by atoms with Crippen LogP contribution in [0.4, 0.5) is 0 Å². The van der Waals surface area contributed by atoms with Gasteiger partial charge in [-0.3, -0.25) is 4.90 Å². The minimum Gasteiger partial charge on any atom is -0.748 e. The first-order chi connectivity index (χ1) is 7.51. The Kier molecular flexibility index (Phi) is 9.23. The molecule has 1 aliphatic heterocycles. The molecule has 0 bridgehead atoms. The summed E-state index contributed by atoms with van der Waals surface area (Å²) in [5.74, 6) is -0.274. The average molecular weight is 274 g/mol. The molecule has 0 aromatic rings. The Labute approximate surface area is 125 Å². The smallest absolute Gasteiger partial charge is 0.748 e. The number of rotatable bonds is 6. The molecule has 0 unspecified atom stereocenters. The van der Waals surface area contributed by atoms with Crippen LogP contribution in [0.2, 0.25) is 0 Å². The fourth-order valence-corrected chi connectivity index (χ4v) is 2.33. The zero-order valence-electron chi connectivity index (χ0n) is 10.3. The molecule has 1 N–H and O–H groups in total. The van der Waals surface area contributed by atoms with E-state index in [-0.39, 0.29) is 41.9 Å². The molecule has 1 rings (SSSR count). The summed E-state index contributed by atoms with van der Waals surface area (Å²) in [6.45, 7) is 5.07. The Morgan fingerprint density at radius 3 is 1.94 bits per heavy atom. The number of aliphatic hydroxyl groups is 1. The molecule has 0 atom stereocenters. The van der Waals surface area contributed by atoms with Crippen molar-refractivity contribution in [2.24, 2.45) is 0 Å². The van der Waals surface area contributed by atoms with E-state index in [2.05, 4.69) is 9.80 Å². The summed E-state index contributed by atoms with van der Waals surface area (Å²) in [5.41, 5.74) is 0. The summed E-state index contributed by atoms with van der Waals surface area (Å²) in [6, 6.07) is 0. The molecule has 6 nitrogen and oxygen atoms in total. The van der Waals surface area contributed by atoms with E-state index in [1.54, 1.807) is 0 Å². The van der Waals surface area contributed by atoms with Gasteiger partial charge in [-0.25, -0.2) is 8.42 Å². The predicted molar refractivity (Wildman–Crippen MR) is 59.1 cm³/mol. The fourth-order valence-electron chi connectivity index (χ4n) is 1.84. The van der Waals surface area contributed by atoms with Crippen LogP contribution in [0.15, 0.2) is 0 Å². The summed E-state index contributed by atoms with van der Waals surface area (Å²) < 4.78 is 31.2. The SMILES string of the molecule is O=S(=O)([O-])CCCN1CCN(CCO)CC1.[Na+]. The van der Waals surface area contributed by atoms with E-state index in [0.717, 1.165) is 26.2 Å². The number of hydrogen-bond acceptors (Lipinski definition) is 6. The minimum absolute atomic E-state index is 0. The van der Waals surface area contributed by atoms with Crippen LogP contribution in [0.1, 0.15) is 6.42 Å². The van der Waals surface area contributed by atoms with Crippen molar-refractivity contribution >= 4 is 10.1 Å². The van der Waals surface area contributed by atoms with Crippen LogP contribution in [0.25, 0.3) is 0 Å². The van der Waals surface area contributed by atoms with Gasteiger partial charge in [-0.2, -0.15) is 0 Å². The molecule has 1 fully saturated rings. The fraction of sp³-hybridized carbons (Fsp3) is 1.00. The summed E-state index contributed by atoms with van der Waals surface area (Å²) in [5, 5.41) is 8.76. The summed E-state index contributed by atoms with van der Waals surface area (Å²) in [6.07, 6.45) is 0.409. The van der Waals surface area contributed by atoms with Crippen LogP contribution in [0.3, 0.4) is 0 Å². The zero-order chi connectivity index (χ0) is 12.0. The van der Waals surface area contributed by atoms with Gasteiger partial charge in [0.1, 0.15) is 0 Å². The number of hydrogen-bond donors (Lipinski definition) is 1. The molecule has 0 aromatic heterocycles. The Balaban J connectivity index is 0.00000256. The Bertz CT molecular complexity index is 291. The molecular formula is C9H19N2NaO4S. The average Bonchev–Trinajstić information content (AvgIpc) is 2.19. The quantitative estimate of drug-likeness (QED) is 0.388. The molecule has 1 heterocycles. The number of nitrogens with zero attached hydrogens (tertiary/aromatic N) is 2. The summed E-state index contributed by atoms with van der Waals surface area (Å²) >= 11 is 0. The second-order valence-corrected chi connectivity index (χ2v) is 5.55. The third-order valence-electron chi connectivity index (χ3n) is 2.75. The monoisotopic (exact) mass is 274 g/mol. The van der Waals surface area contributed by atoms with Gasteiger partial charge in [0.05, 0.1) is 16.7 Å². The Morgan fingerprint density at radius 2 is 1.53 bits per heavy atom. The molecule has 0 saturated carbocycles. The first-order valence-electron chi connectivity index (χ1n) is 5.50. The Hall–Kier alpha value is 0.790. The zero-order valence-corrected chi connectivity index (χ0v) is 13.2. The van der Waals surface area contributed by atoms with Crippen LogP contribution in [0.5, 0.6) is 0 Å². The van der Waals surface area contributed by atoms with E-state index in [9.17, 15) is 13.0 Å². The molecule has 17 heavy (non-hydrogen) atoms. The second kappa shape index (κ2) is 8.82. The molecule has 0 radical (unpaired) electrons. The van der Waals surface area contributed by atoms with Crippen molar-refractivity contribution in [1.29, 1.82) is 0 Å². The first kappa shape index (κ1) is 17.8. The molecular weight excluding hydrogens is 255 g/mol. The van der Waals surface area contributed by atoms with Crippen molar-refractivity contribution in [2.45, 2.75) is 6.42 Å².